The number of esters is 1. The molecule has 0 aromatic carbocycles. The zero-order valence-corrected chi connectivity index (χ0v) is 26.6. The molecule has 9 nitrogen and oxygen atoms in total. The topological polar surface area (TPSA) is 160 Å². The van der Waals surface area contributed by atoms with Gasteiger partial charge in [-0.15, -0.1) is 0 Å². The van der Waals surface area contributed by atoms with E-state index in [1.807, 2.05) is 53.7 Å². The van der Waals surface area contributed by atoms with E-state index in [0.29, 0.717) is 6.42 Å². The lowest BCUT2D eigenvalue weighted by Crippen LogP contribution is -2.47. The van der Waals surface area contributed by atoms with Crippen molar-refractivity contribution in [2.75, 3.05) is 0 Å². The molecule has 1 aliphatic rings. The summed E-state index contributed by atoms with van der Waals surface area (Å²) in [6.45, 7) is 18.5. The maximum atomic E-state index is 12.0. The molecule has 0 radical (unpaired) electrons. The number of rotatable bonds is 16. The fraction of sp³-hybridized carbons (Fsp3) is 0.697. The molecule has 1 unspecified atom stereocenters. The van der Waals surface area contributed by atoms with Crippen LogP contribution in [0.2, 0.25) is 0 Å². The molecule has 0 bridgehead atoms. The Hall–Kier alpha value is -2.46. The monoisotopic (exact) mass is 593 g/mol. The number of carbonyl (C=O) groups is 2. The van der Waals surface area contributed by atoms with Crippen LogP contribution in [0.5, 0.6) is 0 Å². The number of amides is 1. The van der Waals surface area contributed by atoms with E-state index in [0.717, 1.165) is 5.57 Å². The Kier molecular flexibility index (Phi) is 15.7. The van der Waals surface area contributed by atoms with Crippen LogP contribution in [0.15, 0.2) is 48.6 Å². The number of aliphatic hydroxyl groups is 4. The highest BCUT2D eigenvalue weighted by atomic mass is 16.6. The minimum Gasteiger partial charge on any atom is -0.462 e. The summed E-state index contributed by atoms with van der Waals surface area (Å²) in [6.07, 6.45) is 6.04. The third kappa shape index (κ3) is 11.3. The standard InChI is InChI=1S/C33H55NO8/c1-10-11-12-20(4)31(42-33(34)40)24(8)29(37)22(6)16-18(2)15-21(5)28(36)19(3)13-14-26(35)17-27-23(7)30(38)25(9)32(39)41-27/h10-15,19-31,35-38H,1,16-17H2,2-9H3,(H2,34,40)/b12-11-,14-13-,18-15-/t19-,20-,21-,22-,23-,24-,25+,26+,27-,28-,29+,30?,31-/m0/s1. The van der Waals surface area contributed by atoms with Gasteiger partial charge in [0, 0.05) is 36.0 Å². The Labute approximate surface area is 252 Å². The van der Waals surface area contributed by atoms with Gasteiger partial charge in [0.05, 0.1) is 30.3 Å². The van der Waals surface area contributed by atoms with Gasteiger partial charge in [0.15, 0.2) is 0 Å². The summed E-state index contributed by atoms with van der Waals surface area (Å²) < 4.78 is 10.8. The lowest BCUT2D eigenvalue weighted by atomic mass is 9.81. The minimum atomic E-state index is -0.894. The van der Waals surface area contributed by atoms with Crippen molar-refractivity contribution in [3.05, 3.63) is 48.6 Å². The van der Waals surface area contributed by atoms with Gasteiger partial charge in [-0.05, 0) is 26.2 Å². The van der Waals surface area contributed by atoms with E-state index >= 15 is 0 Å². The smallest absolute Gasteiger partial charge is 0.404 e. The van der Waals surface area contributed by atoms with Crippen molar-refractivity contribution in [3.8, 4) is 0 Å². The third-order valence-corrected chi connectivity index (χ3v) is 8.62. The quantitative estimate of drug-likeness (QED) is 0.101. The molecular weight excluding hydrogens is 538 g/mol. The van der Waals surface area contributed by atoms with E-state index < -0.39 is 54.6 Å². The molecule has 0 aromatic rings. The molecule has 1 heterocycles. The van der Waals surface area contributed by atoms with Crippen molar-refractivity contribution in [3.63, 3.8) is 0 Å². The highest BCUT2D eigenvalue weighted by Crippen LogP contribution is 2.30. The number of hydrogen-bond acceptors (Lipinski definition) is 8. The fourth-order valence-electron chi connectivity index (χ4n) is 5.80. The first-order valence-electron chi connectivity index (χ1n) is 15.0. The third-order valence-electron chi connectivity index (χ3n) is 8.62. The van der Waals surface area contributed by atoms with Crippen LogP contribution in [0.25, 0.3) is 0 Å². The summed E-state index contributed by atoms with van der Waals surface area (Å²) >= 11 is 0. The first-order valence-corrected chi connectivity index (χ1v) is 15.0. The van der Waals surface area contributed by atoms with Gasteiger partial charge in [0.2, 0.25) is 0 Å². The molecule has 0 spiro atoms. The van der Waals surface area contributed by atoms with Gasteiger partial charge >= 0.3 is 12.1 Å². The van der Waals surface area contributed by atoms with Crippen LogP contribution in [-0.4, -0.2) is 69.1 Å². The van der Waals surface area contributed by atoms with Crippen LogP contribution in [0, 0.1) is 41.4 Å². The maximum absolute atomic E-state index is 12.0. The number of allylic oxidation sites excluding steroid dienone is 3. The number of carbonyl (C=O) groups excluding carboxylic acids is 2. The molecule has 0 saturated carbocycles. The lowest BCUT2D eigenvalue weighted by Gasteiger charge is -2.36. The molecule has 6 N–H and O–H groups in total. The summed E-state index contributed by atoms with van der Waals surface area (Å²) in [7, 11) is 0. The Bertz CT molecular complexity index is 962. The van der Waals surface area contributed by atoms with Crippen molar-refractivity contribution >= 4 is 12.1 Å². The first kappa shape index (κ1) is 37.6. The molecule has 13 atom stereocenters. The second kappa shape index (κ2) is 17.6. The van der Waals surface area contributed by atoms with Crippen molar-refractivity contribution in [2.24, 2.45) is 47.2 Å². The van der Waals surface area contributed by atoms with E-state index in [1.165, 1.54) is 0 Å². The highest BCUT2D eigenvalue weighted by Gasteiger charge is 2.41. The average molecular weight is 594 g/mol. The van der Waals surface area contributed by atoms with Crippen LogP contribution in [0.3, 0.4) is 0 Å². The van der Waals surface area contributed by atoms with Gasteiger partial charge in [-0.3, -0.25) is 4.79 Å². The molecular formula is C33H55NO8. The predicted octanol–water partition coefficient (Wildman–Crippen LogP) is 4.30. The van der Waals surface area contributed by atoms with Gasteiger partial charge in [-0.2, -0.15) is 0 Å². The summed E-state index contributed by atoms with van der Waals surface area (Å²) in [4.78, 5) is 23.5. The van der Waals surface area contributed by atoms with Crippen molar-refractivity contribution < 1.29 is 39.5 Å². The Morgan fingerprint density at radius 3 is 2.21 bits per heavy atom. The van der Waals surface area contributed by atoms with Crippen LogP contribution < -0.4 is 5.73 Å². The fourth-order valence-corrected chi connectivity index (χ4v) is 5.80. The molecule has 240 valence electrons. The number of primary amides is 1. The SMILES string of the molecule is C=C/C=C\[C@H](C)[C@H](OC(N)=O)[C@@H](C)[C@H](O)[C@@H](C)C/C(C)=C\[C@H](C)[C@@H](O)[C@@H](C)/C=C\[C@@H](O)C[C@@H]1OC(=O)[C@H](C)C(O)[C@H]1C. The predicted molar refractivity (Wildman–Crippen MR) is 164 cm³/mol. The Balaban J connectivity index is 2.76. The molecule has 1 rings (SSSR count). The first-order chi connectivity index (χ1) is 19.5. The van der Waals surface area contributed by atoms with Crippen LogP contribution >= 0.6 is 0 Å². The second-order valence-corrected chi connectivity index (χ2v) is 12.4. The van der Waals surface area contributed by atoms with E-state index in [-0.39, 0.29) is 41.9 Å². The minimum absolute atomic E-state index is 0.152. The Morgan fingerprint density at radius 2 is 1.64 bits per heavy atom. The van der Waals surface area contributed by atoms with Gasteiger partial charge in [-0.1, -0.05) is 90.2 Å². The number of hydrogen-bond donors (Lipinski definition) is 5. The normalized spacial score (nSPS) is 28.3. The molecule has 1 aliphatic heterocycles. The summed E-state index contributed by atoms with van der Waals surface area (Å²) in [5, 5.41) is 42.8. The largest absolute Gasteiger partial charge is 0.462 e. The van der Waals surface area contributed by atoms with Crippen LogP contribution in [-0.2, 0) is 14.3 Å². The summed E-state index contributed by atoms with van der Waals surface area (Å²) in [6, 6.07) is 0. The van der Waals surface area contributed by atoms with Gasteiger partial charge in [-0.25, -0.2) is 4.79 Å². The van der Waals surface area contributed by atoms with Crippen molar-refractivity contribution in [2.45, 2.75) is 105 Å². The van der Waals surface area contributed by atoms with Crippen molar-refractivity contribution in [1.29, 1.82) is 0 Å². The van der Waals surface area contributed by atoms with Gasteiger partial charge in [0.1, 0.15) is 12.2 Å². The zero-order chi connectivity index (χ0) is 32.3. The molecule has 1 fully saturated rings. The van der Waals surface area contributed by atoms with Gasteiger partial charge in [0.25, 0.3) is 0 Å². The van der Waals surface area contributed by atoms with E-state index in [9.17, 15) is 30.0 Å². The number of aliphatic hydroxyl groups excluding tert-OH is 4. The summed E-state index contributed by atoms with van der Waals surface area (Å²) in [5.41, 5.74) is 6.30. The number of nitrogens with two attached hydrogens (primary N) is 1. The highest BCUT2D eigenvalue weighted by molar-refractivity contribution is 5.73. The van der Waals surface area contributed by atoms with Crippen LogP contribution in [0.4, 0.5) is 4.79 Å². The van der Waals surface area contributed by atoms with Gasteiger partial charge < -0.3 is 35.6 Å². The zero-order valence-electron chi connectivity index (χ0n) is 26.6. The molecule has 9 heteroatoms. The average Bonchev–Trinajstić information content (AvgIpc) is 2.93. The summed E-state index contributed by atoms with van der Waals surface area (Å²) in [5.74, 6) is -2.52. The Morgan fingerprint density at radius 1 is 1.02 bits per heavy atom. The number of cyclic esters (lactones) is 1. The van der Waals surface area contributed by atoms with Crippen LogP contribution in [0.1, 0.15) is 68.2 Å². The van der Waals surface area contributed by atoms with E-state index in [2.05, 4.69) is 6.58 Å². The lowest BCUT2D eigenvalue weighted by molar-refractivity contribution is -0.179. The van der Waals surface area contributed by atoms with Crippen molar-refractivity contribution in [1.82, 2.24) is 0 Å². The number of ether oxygens (including phenoxy) is 2. The van der Waals surface area contributed by atoms with E-state index in [1.54, 1.807) is 38.2 Å². The second-order valence-electron chi connectivity index (χ2n) is 12.4. The van der Waals surface area contributed by atoms with E-state index in [4.69, 9.17) is 15.2 Å². The molecule has 1 saturated heterocycles. The molecule has 42 heavy (non-hydrogen) atoms. The molecule has 0 aliphatic carbocycles. The molecule has 1 amide bonds. The maximum Gasteiger partial charge on any atom is 0.404 e. The molecule has 0 aromatic heterocycles.